The normalized spacial score (nSPS) is 13.7. The lowest BCUT2D eigenvalue weighted by molar-refractivity contribution is -0.174. The maximum atomic E-state index is 14.3. The Bertz CT molecular complexity index is 2380. The van der Waals surface area contributed by atoms with E-state index in [9.17, 15) is 33.6 Å². The Morgan fingerprint density at radius 2 is 0.612 bits per heavy atom. The van der Waals surface area contributed by atoms with E-state index in [-0.39, 0.29) is 90.6 Å². The Morgan fingerprint density at radius 3 is 1.02 bits per heavy atom. The third kappa shape index (κ3) is 68.6. The Hall–Kier alpha value is -6.23. The van der Waals surface area contributed by atoms with Gasteiger partial charge in [0.25, 0.3) is 6.47 Å². The van der Waals surface area contributed by atoms with Gasteiger partial charge in [0, 0.05) is 39.0 Å². The summed E-state index contributed by atoms with van der Waals surface area (Å²) in [7, 11) is 0. The molecule has 0 spiro atoms. The van der Waals surface area contributed by atoms with Gasteiger partial charge in [-0.1, -0.05) is 259 Å². The van der Waals surface area contributed by atoms with E-state index >= 15 is 0 Å². The van der Waals surface area contributed by atoms with Crippen LogP contribution in [0.25, 0.3) is 0 Å². The van der Waals surface area contributed by atoms with E-state index in [1.807, 2.05) is 6.08 Å². The highest BCUT2D eigenvalue weighted by Crippen LogP contribution is 2.18. The van der Waals surface area contributed by atoms with Gasteiger partial charge >= 0.3 is 29.8 Å². The predicted molar refractivity (Wildman–Crippen MR) is 418 cm³/mol. The van der Waals surface area contributed by atoms with Gasteiger partial charge in [-0.25, -0.2) is 0 Å². The molecule has 0 N–H and O–H groups in total. The second-order valence-corrected chi connectivity index (χ2v) is 26.4. The molecule has 0 radical (unpaired) electrons. The summed E-state index contributed by atoms with van der Waals surface area (Å²) in [6.07, 6.45) is 73.1. The molecule has 0 aliphatic heterocycles. The monoisotopic (exact) mass is 1440 g/mol. The zero-order chi connectivity index (χ0) is 75.2. The summed E-state index contributed by atoms with van der Waals surface area (Å²) in [4.78, 5) is 91.7. The second-order valence-electron chi connectivity index (χ2n) is 26.4. The Labute approximate surface area is 624 Å². The van der Waals surface area contributed by atoms with Crippen molar-refractivity contribution in [1.29, 1.82) is 0 Å². The molecule has 5 atom stereocenters. The van der Waals surface area contributed by atoms with Crippen LogP contribution in [-0.2, 0) is 76.2 Å². The highest BCUT2D eigenvalue weighted by molar-refractivity contribution is 5.84. The van der Waals surface area contributed by atoms with Crippen LogP contribution in [0, 0.1) is 0 Å². The minimum absolute atomic E-state index is 0.0625. The van der Waals surface area contributed by atoms with Crippen LogP contribution in [0.5, 0.6) is 0 Å². The predicted octanol–water partition coefficient (Wildman–Crippen LogP) is 21.4. The summed E-state index contributed by atoms with van der Waals surface area (Å²) in [5.74, 6) is -2.84. The molecule has 0 aromatic carbocycles. The number of unbranched alkanes of at least 4 members (excludes halogenated alkanes) is 22. The quantitative estimate of drug-likeness (QED) is 0.0183. The van der Waals surface area contributed by atoms with Crippen molar-refractivity contribution < 1.29 is 76.2 Å². The SMILES string of the molecule is CC/C=C\C/C=C\C/C=C\CCCCCCCC(=O)OCC(COCC(COC(C(=O)CCCCCCC)C(COCC(COC(=O)CCCCCCC)OC(C)=O)OC=O)OC(=O)CCC/C=C\C/C=C\C/C=C\C/C=C\CCCCC)OC(=O)CCCCCCC/C=C\C/C=C\C/C=C\CC. The summed E-state index contributed by atoms with van der Waals surface area (Å²) in [5, 5.41) is 0. The first kappa shape index (κ1) is 96.8. The van der Waals surface area contributed by atoms with Gasteiger partial charge in [0.2, 0.25) is 0 Å². The number of carbonyl (C=O) groups excluding carboxylic acids is 7. The van der Waals surface area contributed by atoms with Crippen LogP contribution >= 0.6 is 0 Å². The number of ketones is 1. The van der Waals surface area contributed by atoms with Gasteiger partial charge in [0.05, 0.1) is 33.0 Å². The molecule has 0 saturated heterocycles. The number of rotatable bonds is 74. The van der Waals surface area contributed by atoms with Crippen molar-refractivity contribution in [1.82, 2.24) is 0 Å². The smallest absolute Gasteiger partial charge is 0.306 e. The first-order valence-electron chi connectivity index (χ1n) is 40.2. The fraction of sp³-hybridized carbons (Fsp3) is 0.690. The van der Waals surface area contributed by atoms with E-state index in [4.69, 9.17) is 42.6 Å². The average Bonchev–Trinajstić information content (AvgIpc) is 0.884. The van der Waals surface area contributed by atoms with Crippen molar-refractivity contribution in [3.63, 3.8) is 0 Å². The van der Waals surface area contributed by atoms with Gasteiger partial charge in [0.15, 0.2) is 30.2 Å². The van der Waals surface area contributed by atoms with Crippen molar-refractivity contribution in [3.8, 4) is 0 Å². The Balaban J connectivity index is 6.49. The van der Waals surface area contributed by atoms with Gasteiger partial charge in [-0.2, -0.15) is 0 Å². The van der Waals surface area contributed by atoms with Crippen LogP contribution in [0.1, 0.15) is 311 Å². The lowest BCUT2D eigenvalue weighted by Gasteiger charge is -2.28. The molecule has 103 heavy (non-hydrogen) atoms. The van der Waals surface area contributed by atoms with Gasteiger partial charge in [-0.3, -0.25) is 33.6 Å². The van der Waals surface area contributed by atoms with E-state index in [0.717, 1.165) is 180 Å². The maximum Gasteiger partial charge on any atom is 0.306 e. The first-order chi connectivity index (χ1) is 50.4. The third-order valence-corrected chi connectivity index (χ3v) is 16.6. The number of hydrogen-bond acceptors (Lipinski definition) is 16. The van der Waals surface area contributed by atoms with Crippen LogP contribution in [0.15, 0.2) is 122 Å². The fourth-order valence-corrected chi connectivity index (χ4v) is 10.7. The molecule has 586 valence electrons. The summed E-state index contributed by atoms with van der Waals surface area (Å²) in [5.41, 5.74) is 0. The zero-order valence-corrected chi connectivity index (χ0v) is 65.2. The van der Waals surface area contributed by atoms with Crippen LogP contribution in [0.3, 0.4) is 0 Å². The van der Waals surface area contributed by atoms with Crippen molar-refractivity contribution in [2.75, 3.05) is 46.2 Å². The average molecular weight is 1440 g/mol. The number of carbonyl (C=O) groups is 7. The highest BCUT2D eigenvalue weighted by Gasteiger charge is 2.33. The lowest BCUT2D eigenvalue weighted by atomic mass is 10.0. The van der Waals surface area contributed by atoms with Gasteiger partial charge in [-0.05, 0) is 135 Å². The molecule has 0 aromatic heterocycles. The minimum Gasteiger partial charge on any atom is -0.462 e. The molecular formula is C87H142O16. The molecule has 0 aromatic rings. The number of allylic oxidation sites excluding steroid dienone is 20. The summed E-state index contributed by atoms with van der Waals surface area (Å²) in [6.45, 7) is 10.1. The minimum atomic E-state index is -1.40. The topological polar surface area (TPSA) is 203 Å². The van der Waals surface area contributed by atoms with Crippen molar-refractivity contribution in [3.05, 3.63) is 122 Å². The van der Waals surface area contributed by atoms with Crippen molar-refractivity contribution in [2.45, 2.75) is 342 Å². The van der Waals surface area contributed by atoms with Crippen LogP contribution in [0.4, 0.5) is 0 Å². The van der Waals surface area contributed by atoms with E-state index < -0.39 is 60.4 Å². The van der Waals surface area contributed by atoms with Crippen molar-refractivity contribution in [2.24, 2.45) is 0 Å². The zero-order valence-electron chi connectivity index (χ0n) is 65.2. The molecule has 0 fully saturated rings. The summed E-state index contributed by atoms with van der Waals surface area (Å²) >= 11 is 0. The van der Waals surface area contributed by atoms with Crippen LogP contribution in [0.2, 0.25) is 0 Å². The molecule has 0 heterocycles. The van der Waals surface area contributed by atoms with E-state index in [0.29, 0.717) is 38.5 Å². The number of hydrogen-bond donors (Lipinski definition) is 0. The maximum absolute atomic E-state index is 14.3. The number of Topliss-reactive ketones (excluding diaryl/α,β-unsaturated/α-hetero) is 1. The molecule has 0 amide bonds. The lowest BCUT2D eigenvalue weighted by Crippen LogP contribution is -2.44. The third-order valence-electron chi connectivity index (χ3n) is 16.6. The Morgan fingerprint density at radius 1 is 0.301 bits per heavy atom. The fourth-order valence-electron chi connectivity index (χ4n) is 10.7. The molecule has 0 saturated carbocycles. The second kappa shape index (κ2) is 76.9. The Kier molecular flexibility index (Phi) is 72.2. The number of esters is 5. The molecular weight excluding hydrogens is 1300 g/mol. The van der Waals surface area contributed by atoms with E-state index in [1.165, 1.54) is 26.2 Å². The molecule has 0 rings (SSSR count). The highest BCUT2D eigenvalue weighted by atomic mass is 16.6. The van der Waals surface area contributed by atoms with Gasteiger partial charge < -0.3 is 42.6 Å². The molecule has 0 aliphatic carbocycles. The van der Waals surface area contributed by atoms with Crippen LogP contribution < -0.4 is 0 Å². The van der Waals surface area contributed by atoms with Gasteiger partial charge in [0.1, 0.15) is 19.3 Å². The van der Waals surface area contributed by atoms with Crippen molar-refractivity contribution >= 4 is 42.1 Å². The standard InChI is InChI=1S/C87H142O16/c1-7-12-17-22-25-28-31-34-37-38-41-44-47-50-53-58-63-68-86(94)103-80(74-99-87(81(90)64-59-54-20-15-10-4)82(100-76-88)75-96-69-78(101-77(6)89)72-97-83(91)65-60-55-21-16-11-5)71-95-70-79(102-85(93)67-62-57-52-49-46-43-40-36-33-30-27-24-19-14-9-3)73-98-84(92)66-61-56-51-48-45-42-39-35-32-29-26-23-18-13-8-2/h13-14,18-19,25-30,34-37,39-41,44,50,53,76,78-80,82,87H,7-12,15-17,20-24,31-33,38,42-43,45-49,51-52,54-75H2,1-6H3/b18-13-,19-14-,28-25-,29-26-,30-27-,37-34-,39-35-,40-36-,44-41-,53-50-. The van der Waals surface area contributed by atoms with Gasteiger partial charge in [-0.15, -0.1) is 0 Å². The molecule has 0 bridgehead atoms. The van der Waals surface area contributed by atoms with Crippen LogP contribution in [-0.4, -0.2) is 119 Å². The van der Waals surface area contributed by atoms with E-state index in [1.54, 1.807) is 0 Å². The molecule has 5 unspecified atom stereocenters. The molecule has 16 nitrogen and oxygen atoms in total. The number of ether oxygens (including phenoxy) is 9. The molecule has 16 heteroatoms. The first-order valence-corrected chi connectivity index (χ1v) is 40.2. The summed E-state index contributed by atoms with van der Waals surface area (Å²) in [6, 6.07) is 0. The van der Waals surface area contributed by atoms with E-state index in [2.05, 4.69) is 150 Å². The summed E-state index contributed by atoms with van der Waals surface area (Å²) < 4.78 is 52.7. The molecule has 0 aliphatic rings. The largest absolute Gasteiger partial charge is 0.462 e.